The summed E-state index contributed by atoms with van der Waals surface area (Å²) in [5, 5.41) is 0. The Hall–Kier alpha value is -2.22. The van der Waals surface area contributed by atoms with Crippen LogP contribution < -0.4 is 9.47 Å². The molecule has 0 saturated carbocycles. The molecule has 2 aromatic rings. The number of methoxy groups -OCH3 is 2. The van der Waals surface area contributed by atoms with E-state index in [0.29, 0.717) is 0 Å². The maximum Gasteiger partial charge on any atom is 0.118 e. The zero-order chi connectivity index (χ0) is 15.8. The van der Waals surface area contributed by atoms with Crippen LogP contribution in [0.1, 0.15) is 37.3 Å². The van der Waals surface area contributed by atoms with Crippen molar-refractivity contribution in [3.05, 3.63) is 65.7 Å². The highest BCUT2D eigenvalue weighted by molar-refractivity contribution is 5.80. The van der Waals surface area contributed by atoms with E-state index in [-0.39, 0.29) is 0 Å². The fourth-order valence-corrected chi connectivity index (χ4v) is 2.39. The molecule has 0 N–H and O–H groups in total. The summed E-state index contributed by atoms with van der Waals surface area (Å²) in [4.78, 5) is 0. The zero-order valence-electron chi connectivity index (χ0n) is 13.6. The monoisotopic (exact) mass is 296 g/mol. The van der Waals surface area contributed by atoms with Crippen molar-refractivity contribution in [3.63, 3.8) is 0 Å². The van der Waals surface area contributed by atoms with Gasteiger partial charge in [0.1, 0.15) is 11.5 Å². The van der Waals surface area contributed by atoms with Gasteiger partial charge in [-0.2, -0.15) is 0 Å². The first kappa shape index (κ1) is 16.2. The van der Waals surface area contributed by atoms with Crippen molar-refractivity contribution >= 4 is 5.57 Å². The van der Waals surface area contributed by atoms with E-state index in [9.17, 15) is 0 Å². The van der Waals surface area contributed by atoms with Crippen LogP contribution in [-0.2, 0) is 0 Å². The minimum absolute atomic E-state index is 0.881. The standard InChI is InChI=1S/C20H24O2/c1-4-5-6-7-20(16-8-12-18(21-2)13-9-16)17-10-14-19(22-3)15-11-17/h7-15H,4-6H2,1-3H3. The highest BCUT2D eigenvalue weighted by Gasteiger charge is 2.06. The Bertz CT molecular complexity index is 545. The zero-order valence-corrected chi connectivity index (χ0v) is 13.6. The lowest BCUT2D eigenvalue weighted by Crippen LogP contribution is -1.91. The van der Waals surface area contributed by atoms with Crippen LogP contribution in [0.5, 0.6) is 11.5 Å². The average molecular weight is 296 g/mol. The summed E-state index contributed by atoms with van der Waals surface area (Å²) in [5.41, 5.74) is 3.68. The molecule has 0 aliphatic rings. The molecule has 2 nitrogen and oxygen atoms in total. The normalized spacial score (nSPS) is 10.1. The van der Waals surface area contributed by atoms with E-state index in [0.717, 1.165) is 17.9 Å². The topological polar surface area (TPSA) is 18.5 Å². The first-order valence-electron chi connectivity index (χ1n) is 7.77. The van der Waals surface area contributed by atoms with Gasteiger partial charge in [-0.05, 0) is 47.4 Å². The molecule has 0 aromatic heterocycles. The second-order valence-electron chi connectivity index (χ2n) is 5.22. The van der Waals surface area contributed by atoms with Crippen LogP contribution in [0.15, 0.2) is 54.6 Å². The summed E-state index contributed by atoms with van der Waals surface area (Å²) in [6.45, 7) is 2.22. The quantitative estimate of drug-likeness (QED) is 0.643. The molecule has 2 aromatic carbocycles. The van der Waals surface area contributed by atoms with Crippen LogP contribution in [0, 0.1) is 0 Å². The molecule has 0 aliphatic heterocycles. The molecule has 0 spiro atoms. The van der Waals surface area contributed by atoms with Crippen molar-refractivity contribution < 1.29 is 9.47 Å². The van der Waals surface area contributed by atoms with Crippen LogP contribution in [-0.4, -0.2) is 14.2 Å². The lowest BCUT2D eigenvalue weighted by atomic mass is 9.96. The molecule has 0 fully saturated rings. The average Bonchev–Trinajstić information content (AvgIpc) is 2.59. The molecule has 0 amide bonds. The highest BCUT2D eigenvalue weighted by atomic mass is 16.5. The van der Waals surface area contributed by atoms with Crippen molar-refractivity contribution in [1.82, 2.24) is 0 Å². The predicted octanol–water partition coefficient (Wildman–Crippen LogP) is 5.33. The minimum Gasteiger partial charge on any atom is -0.497 e. The minimum atomic E-state index is 0.881. The van der Waals surface area contributed by atoms with Crippen molar-refractivity contribution in [3.8, 4) is 11.5 Å². The summed E-state index contributed by atoms with van der Waals surface area (Å²) < 4.78 is 10.5. The number of ether oxygens (including phenoxy) is 2. The van der Waals surface area contributed by atoms with Gasteiger partial charge in [-0.1, -0.05) is 50.1 Å². The van der Waals surface area contributed by atoms with Gasteiger partial charge < -0.3 is 9.47 Å². The first-order chi connectivity index (χ1) is 10.8. The van der Waals surface area contributed by atoms with Gasteiger partial charge >= 0.3 is 0 Å². The van der Waals surface area contributed by atoms with Gasteiger partial charge in [-0.3, -0.25) is 0 Å². The number of hydrogen-bond donors (Lipinski definition) is 0. The number of allylic oxidation sites excluding steroid dienone is 1. The molecular formula is C20H24O2. The fourth-order valence-electron chi connectivity index (χ4n) is 2.39. The van der Waals surface area contributed by atoms with E-state index in [4.69, 9.17) is 9.47 Å². The third-order valence-corrected chi connectivity index (χ3v) is 3.71. The maximum absolute atomic E-state index is 5.25. The molecule has 0 unspecified atom stereocenters. The molecule has 2 heteroatoms. The van der Waals surface area contributed by atoms with Gasteiger partial charge in [-0.15, -0.1) is 0 Å². The third kappa shape index (κ3) is 4.14. The largest absolute Gasteiger partial charge is 0.497 e. The van der Waals surface area contributed by atoms with Gasteiger partial charge in [0, 0.05) is 0 Å². The van der Waals surface area contributed by atoms with Gasteiger partial charge in [0.15, 0.2) is 0 Å². The molecule has 0 radical (unpaired) electrons. The van der Waals surface area contributed by atoms with E-state index < -0.39 is 0 Å². The van der Waals surface area contributed by atoms with Crippen LogP contribution in [0.4, 0.5) is 0 Å². The number of hydrogen-bond acceptors (Lipinski definition) is 2. The Morgan fingerprint density at radius 3 is 1.64 bits per heavy atom. The maximum atomic E-state index is 5.25. The molecule has 0 heterocycles. The molecule has 0 aliphatic carbocycles. The Kier molecular flexibility index (Phi) is 6.08. The summed E-state index contributed by atoms with van der Waals surface area (Å²) in [5.74, 6) is 1.76. The summed E-state index contributed by atoms with van der Waals surface area (Å²) in [7, 11) is 3.38. The molecule has 0 saturated heterocycles. The molecule has 116 valence electrons. The molecule has 2 rings (SSSR count). The van der Waals surface area contributed by atoms with Gasteiger partial charge in [0.25, 0.3) is 0 Å². The fraction of sp³-hybridized carbons (Fsp3) is 0.300. The van der Waals surface area contributed by atoms with E-state index in [1.165, 1.54) is 29.5 Å². The summed E-state index contributed by atoms with van der Waals surface area (Å²) >= 11 is 0. The van der Waals surface area contributed by atoms with Crippen molar-refractivity contribution in [2.75, 3.05) is 14.2 Å². The van der Waals surface area contributed by atoms with E-state index in [2.05, 4.69) is 37.3 Å². The second kappa shape index (κ2) is 8.28. The number of rotatable bonds is 7. The Morgan fingerprint density at radius 1 is 0.818 bits per heavy atom. The lowest BCUT2D eigenvalue weighted by molar-refractivity contribution is 0.414. The molecule has 0 atom stereocenters. The smallest absolute Gasteiger partial charge is 0.118 e. The van der Waals surface area contributed by atoms with Crippen molar-refractivity contribution in [2.24, 2.45) is 0 Å². The third-order valence-electron chi connectivity index (χ3n) is 3.71. The highest BCUT2D eigenvalue weighted by Crippen LogP contribution is 2.27. The Morgan fingerprint density at radius 2 is 1.27 bits per heavy atom. The van der Waals surface area contributed by atoms with Crippen LogP contribution in [0.25, 0.3) is 5.57 Å². The van der Waals surface area contributed by atoms with Gasteiger partial charge in [0.2, 0.25) is 0 Å². The Balaban J connectivity index is 2.33. The summed E-state index contributed by atoms with van der Waals surface area (Å²) in [6, 6.07) is 16.5. The SMILES string of the molecule is CCCCC=C(c1ccc(OC)cc1)c1ccc(OC)cc1. The second-order valence-corrected chi connectivity index (χ2v) is 5.22. The van der Waals surface area contributed by atoms with Crippen molar-refractivity contribution in [2.45, 2.75) is 26.2 Å². The van der Waals surface area contributed by atoms with Crippen LogP contribution in [0.3, 0.4) is 0 Å². The molecule has 22 heavy (non-hydrogen) atoms. The number of unbranched alkanes of at least 4 members (excludes halogenated alkanes) is 2. The molecule has 0 bridgehead atoms. The van der Waals surface area contributed by atoms with Crippen LogP contribution >= 0.6 is 0 Å². The van der Waals surface area contributed by atoms with Crippen LogP contribution in [0.2, 0.25) is 0 Å². The van der Waals surface area contributed by atoms with Gasteiger partial charge in [-0.25, -0.2) is 0 Å². The first-order valence-corrected chi connectivity index (χ1v) is 7.77. The predicted molar refractivity (Wildman–Crippen MR) is 92.6 cm³/mol. The Labute approximate surface area is 133 Å². The van der Waals surface area contributed by atoms with Crippen molar-refractivity contribution in [1.29, 1.82) is 0 Å². The summed E-state index contributed by atoms with van der Waals surface area (Å²) in [6.07, 6.45) is 5.82. The van der Waals surface area contributed by atoms with E-state index in [1.54, 1.807) is 14.2 Å². The lowest BCUT2D eigenvalue weighted by Gasteiger charge is -2.11. The van der Waals surface area contributed by atoms with Gasteiger partial charge in [0.05, 0.1) is 14.2 Å². The van der Waals surface area contributed by atoms with E-state index >= 15 is 0 Å². The number of benzene rings is 2. The molecular weight excluding hydrogens is 272 g/mol. The van der Waals surface area contributed by atoms with E-state index in [1.807, 2.05) is 24.3 Å².